The van der Waals surface area contributed by atoms with Crippen LogP contribution in [-0.2, 0) is 17.4 Å². The van der Waals surface area contributed by atoms with E-state index in [2.05, 4.69) is 17.2 Å². The van der Waals surface area contributed by atoms with E-state index in [0.29, 0.717) is 22.2 Å². The van der Waals surface area contributed by atoms with Crippen molar-refractivity contribution in [1.82, 2.24) is 10.3 Å². The number of nitrogens with one attached hydrogen (secondary N) is 1. The monoisotopic (exact) mass is 382 g/mol. The van der Waals surface area contributed by atoms with Gasteiger partial charge in [0.05, 0.1) is 17.7 Å². The topological polar surface area (TPSA) is 42.0 Å². The summed E-state index contributed by atoms with van der Waals surface area (Å²) in [4.78, 5) is 16.7. The Morgan fingerprint density at radius 2 is 1.92 bits per heavy atom. The van der Waals surface area contributed by atoms with Crippen molar-refractivity contribution in [3.63, 3.8) is 0 Å². The Hall–Kier alpha value is -1.89. The molecule has 0 saturated heterocycles. The Bertz CT molecular complexity index is 755. The quantitative estimate of drug-likeness (QED) is 0.802. The van der Waals surface area contributed by atoms with Gasteiger partial charge in [0.1, 0.15) is 5.01 Å². The van der Waals surface area contributed by atoms with Gasteiger partial charge in [-0.3, -0.25) is 4.79 Å². The van der Waals surface area contributed by atoms with Crippen LogP contribution in [0.3, 0.4) is 0 Å². The Labute approximate surface area is 154 Å². The number of hydrogen-bond donors (Lipinski definition) is 1. The lowest BCUT2D eigenvalue weighted by atomic mass is 9.86. The predicted molar refractivity (Wildman–Crippen MR) is 95.8 cm³/mol. The number of carbonyl (C=O) groups is 1. The first-order valence-electron chi connectivity index (χ1n) is 8.74. The fraction of sp³-hybridized carbons (Fsp3) is 0.474. The van der Waals surface area contributed by atoms with Crippen LogP contribution in [0, 0.1) is 5.92 Å². The first kappa shape index (κ1) is 18.9. The van der Waals surface area contributed by atoms with Crippen LogP contribution in [0.15, 0.2) is 29.6 Å². The van der Waals surface area contributed by atoms with E-state index >= 15 is 0 Å². The molecule has 0 aliphatic heterocycles. The molecule has 0 bridgehead atoms. The van der Waals surface area contributed by atoms with Gasteiger partial charge in [-0.1, -0.05) is 31.9 Å². The van der Waals surface area contributed by atoms with Crippen molar-refractivity contribution in [3.05, 3.63) is 40.9 Å². The third-order valence-corrected chi connectivity index (χ3v) is 5.75. The summed E-state index contributed by atoms with van der Waals surface area (Å²) in [5.41, 5.74) is 0.584. The van der Waals surface area contributed by atoms with Gasteiger partial charge in [0, 0.05) is 17.0 Å². The molecule has 0 radical (unpaired) electrons. The largest absolute Gasteiger partial charge is 0.416 e. The molecule has 1 aromatic carbocycles. The summed E-state index contributed by atoms with van der Waals surface area (Å²) >= 11 is 1.33. The first-order valence-corrected chi connectivity index (χ1v) is 9.62. The summed E-state index contributed by atoms with van der Waals surface area (Å²) in [6, 6.07) is 5.15. The van der Waals surface area contributed by atoms with Crippen LogP contribution in [0.4, 0.5) is 13.2 Å². The van der Waals surface area contributed by atoms with E-state index in [0.717, 1.165) is 31.4 Å². The first-order chi connectivity index (χ1) is 12.3. The van der Waals surface area contributed by atoms with Gasteiger partial charge >= 0.3 is 6.18 Å². The maximum absolute atomic E-state index is 12.6. The molecule has 1 aliphatic carbocycles. The van der Waals surface area contributed by atoms with Gasteiger partial charge in [-0.05, 0) is 30.9 Å². The molecule has 7 heteroatoms. The zero-order valence-electron chi connectivity index (χ0n) is 14.5. The van der Waals surface area contributed by atoms with Crippen molar-refractivity contribution in [2.45, 2.75) is 51.2 Å². The molecule has 2 atom stereocenters. The minimum atomic E-state index is -4.35. The molecule has 1 saturated carbocycles. The molecule has 1 amide bonds. The van der Waals surface area contributed by atoms with E-state index in [-0.39, 0.29) is 18.4 Å². The number of amides is 1. The molecule has 0 spiro atoms. The van der Waals surface area contributed by atoms with Crippen molar-refractivity contribution >= 4 is 17.2 Å². The van der Waals surface area contributed by atoms with Gasteiger partial charge in [-0.15, -0.1) is 11.3 Å². The second-order valence-corrected chi connectivity index (χ2v) is 7.69. The smallest absolute Gasteiger partial charge is 0.353 e. The van der Waals surface area contributed by atoms with Crippen molar-refractivity contribution < 1.29 is 18.0 Å². The molecule has 2 unspecified atom stereocenters. The lowest BCUT2D eigenvalue weighted by Crippen LogP contribution is -2.41. The number of rotatable bonds is 4. The Kier molecular flexibility index (Phi) is 5.65. The zero-order valence-corrected chi connectivity index (χ0v) is 15.3. The number of thiazole rings is 1. The maximum Gasteiger partial charge on any atom is 0.416 e. The van der Waals surface area contributed by atoms with Crippen molar-refractivity contribution in [1.29, 1.82) is 0 Å². The number of halogens is 3. The minimum absolute atomic E-state index is 0.0481. The average Bonchev–Trinajstić information content (AvgIpc) is 3.05. The Balaban J connectivity index is 1.61. The van der Waals surface area contributed by atoms with Gasteiger partial charge < -0.3 is 5.32 Å². The normalized spacial score (nSPS) is 20.8. The third-order valence-electron chi connectivity index (χ3n) is 4.81. The maximum atomic E-state index is 12.6. The summed E-state index contributed by atoms with van der Waals surface area (Å²) in [5, 5.41) is 5.50. The zero-order chi connectivity index (χ0) is 18.7. The third kappa shape index (κ3) is 4.63. The SMILES string of the molecule is CC1CCCCC1NC(=O)Cc1csc(-c2ccc(C(F)(F)F)cc2)n1. The highest BCUT2D eigenvalue weighted by Gasteiger charge is 2.30. The summed E-state index contributed by atoms with van der Waals surface area (Å²) < 4.78 is 37.9. The van der Waals surface area contributed by atoms with Crippen LogP contribution < -0.4 is 5.32 Å². The summed E-state index contributed by atoms with van der Waals surface area (Å²) in [6.07, 6.45) is 0.363. The number of alkyl halides is 3. The highest BCUT2D eigenvalue weighted by Crippen LogP contribution is 2.32. The Morgan fingerprint density at radius 1 is 1.23 bits per heavy atom. The van der Waals surface area contributed by atoms with Gasteiger partial charge in [-0.25, -0.2) is 4.98 Å². The molecule has 3 rings (SSSR count). The van der Waals surface area contributed by atoms with Crippen molar-refractivity contribution in [3.8, 4) is 10.6 Å². The van der Waals surface area contributed by atoms with E-state index in [1.807, 2.05) is 0 Å². The lowest BCUT2D eigenvalue weighted by Gasteiger charge is -2.29. The van der Waals surface area contributed by atoms with E-state index in [1.54, 1.807) is 5.38 Å². The van der Waals surface area contributed by atoms with Gasteiger partial charge in [0.25, 0.3) is 0 Å². The molecule has 140 valence electrons. The average molecular weight is 382 g/mol. The second kappa shape index (κ2) is 7.78. The lowest BCUT2D eigenvalue weighted by molar-refractivity contribution is -0.137. The summed E-state index contributed by atoms with van der Waals surface area (Å²) in [6.45, 7) is 2.16. The predicted octanol–water partition coefficient (Wildman–Crippen LogP) is 5.07. The molecular formula is C19H21F3N2OS. The second-order valence-electron chi connectivity index (χ2n) is 6.83. The van der Waals surface area contributed by atoms with Crippen LogP contribution in [0.25, 0.3) is 10.6 Å². The Morgan fingerprint density at radius 3 is 2.58 bits per heavy atom. The van der Waals surface area contributed by atoms with Crippen molar-refractivity contribution in [2.24, 2.45) is 5.92 Å². The molecule has 3 nitrogen and oxygen atoms in total. The molecule has 1 fully saturated rings. The molecular weight excluding hydrogens is 361 g/mol. The minimum Gasteiger partial charge on any atom is -0.353 e. The van der Waals surface area contributed by atoms with Gasteiger partial charge in [0.2, 0.25) is 5.91 Å². The van der Waals surface area contributed by atoms with E-state index in [9.17, 15) is 18.0 Å². The van der Waals surface area contributed by atoms with E-state index in [1.165, 1.54) is 29.9 Å². The van der Waals surface area contributed by atoms with Gasteiger partial charge in [-0.2, -0.15) is 13.2 Å². The molecule has 1 N–H and O–H groups in total. The molecule has 26 heavy (non-hydrogen) atoms. The standard InChI is InChI=1S/C19H21F3N2OS/c1-12-4-2-3-5-16(12)24-17(25)10-15-11-26-18(23-15)13-6-8-14(9-7-13)19(20,21)22/h6-9,11-12,16H,2-5,10H2,1H3,(H,24,25). The van der Waals surface area contributed by atoms with Crippen molar-refractivity contribution in [2.75, 3.05) is 0 Å². The number of nitrogens with zero attached hydrogens (tertiary/aromatic N) is 1. The highest BCUT2D eigenvalue weighted by molar-refractivity contribution is 7.13. The molecule has 2 aromatic rings. The molecule has 1 aromatic heterocycles. The van der Waals surface area contributed by atoms with Gasteiger partial charge in [0.15, 0.2) is 0 Å². The van der Waals surface area contributed by atoms with E-state index < -0.39 is 11.7 Å². The number of aromatic nitrogens is 1. The highest BCUT2D eigenvalue weighted by atomic mass is 32.1. The van der Waals surface area contributed by atoms with Crippen LogP contribution in [-0.4, -0.2) is 16.9 Å². The number of carbonyl (C=O) groups excluding carboxylic acids is 1. The molecule has 1 heterocycles. The fourth-order valence-electron chi connectivity index (χ4n) is 3.28. The number of benzene rings is 1. The number of hydrogen-bond acceptors (Lipinski definition) is 3. The summed E-state index contributed by atoms with van der Waals surface area (Å²) in [7, 11) is 0. The van der Waals surface area contributed by atoms with E-state index in [4.69, 9.17) is 0 Å². The summed E-state index contributed by atoms with van der Waals surface area (Å²) in [5.74, 6) is 0.443. The van der Waals surface area contributed by atoms with Crippen LogP contribution in [0.5, 0.6) is 0 Å². The molecule has 1 aliphatic rings. The fourth-order valence-corrected chi connectivity index (χ4v) is 4.10. The van der Waals surface area contributed by atoms with Crippen LogP contribution in [0.1, 0.15) is 43.9 Å². The van der Waals surface area contributed by atoms with Crippen LogP contribution >= 0.6 is 11.3 Å². The van der Waals surface area contributed by atoms with Crippen LogP contribution in [0.2, 0.25) is 0 Å².